The second-order valence-electron chi connectivity index (χ2n) is 3.72. The molecular weight excluding hydrogens is 346 g/mol. The van der Waals surface area contributed by atoms with Crippen molar-refractivity contribution in [3.05, 3.63) is 40.1 Å². The Hall–Kier alpha value is -0.680. The number of alkyl halides is 1. The first-order chi connectivity index (χ1) is 8.24. The van der Waals surface area contributed by atoms with Gasteiger partial charge in [0.05, 0.1) is 17.6 Å². The Kier molecular flexibility index (Phi) is 4.34. The van der Waals surface area contributed by atoms with E-state index in [1.165, 1.54) is 5.56 Å². The standard InChI is InChI=1S/C12H13Br2N3/c1-2-9-7-10(14)3-4-12(9)17-8-11(5-6-13)15-16-17/h3-4,7-8H,2,5-6H2,1H3. The Balaban J connectivity index is 2.37. The summed E-state index contributed by atoms with van der Waals surface area (Å²) in [6.07, 6.45) is 3.87. The molecule has 0 N–H and O–H groups in total. The van der Waals surface area contributed by atoms with E-state index in [2.05, 4.69) is 61.2 Å². The number of rotatable bonds is 4. The zero-order valence-corrected chi connectivity index (χ0v) is 12.7. The average molecular weight is 359 g/mol. The molecule has 0 radical (unpaired) electrons. The van der Waals surface area contributed by atoms with E-state index in [-0.39, 0.29) is 0 Å². The van der Waals surface area contributed by atoms with Gasteiger partial charge in [0.15, 0.2) is 0 Å². The highest BCUT2D eigenvalue weighted by Crippen LogP contribution is 2.20. The summed E-state index contributed by atoms with van der Waals surface area (Å²) in [5, 5.41) is 9.23. The predicted molar refractivity (Wildman–Crippen MR) is 75.9 cm³/mol. The quantitative estimate of drug-likeness (QED) is 0.783. The Bertz CT molecular complexity index is 508. The van der Waals surface area contributed by atoms with Crippen LogP contribution in [0.5, 0.6) is 0 Å². The van der Waals surface area contributed by atoms with Crippen LogP contribution in [0.2, 0.25) is 0 Å². The molecule has 2 rings (SSSR count). The summed E-state index contributed by atoms with van der Waals surface area (Å²) in [5.74, 6) is 0. The molecule has 2 aromatic rings. The van der Waals surface area contributed by atoms with Crippen molar-refractivity contribution in [3.63, 3.8) is 0 Å². The maximum Gasteiger partial charge on any atom is 0.0840 e. The van der Waals surface area contributed by atoms with Crippen LogP contribution in [0, 0.1) is 0 Å². The van der Waals surface area contributed by atoms with Crippen molar-refractivity contribution in [2.75, 3.05) is 5.33 Å². The molecule has 0 aliphatic carbocycles. The van der Waals surface area contributed by atoms with Gasteiger partial charge in [-0.1, -0.05) is 44.0 Å². The predicted octanol–water partition coefficient (Wildman–Crippen LogP) is 3.53. The Labute approximate surface area is 117 Å². The summed E-state index contributed by atoms with van der Waals surface area (Å²) >= 11 is 6.89. The largest absolute Gasteiger partial charge is 0.220 e. The van der Waals surface area contributed by atoms with Crippen LogP contribution < -0.4 is 0 Å². The molecule has 90 valence electrons. The fourth-order valence-corrected chi connectivity index (χ4v) is 2.50. The van der Waals surface area contributed by atoms with E-state index in [0.717, 1.165) is 34.0 Å². The van der Waals surface area contributed by atoms with E-state index < -0.39 is 0 Å². The lowest BCUT2D eigenvalue weighted by Gasteiger charge is -2.07. The lowest BCUT2D eigenvalue weighted by molar-refractivity contribution is 0.789. The van der Waals surface area contributed by atoms with Crippen molar-refractivity contribution in [3.8, 4) is 5.69 Å². The normalized spacial score (nSPS) is 10.8. The van der Waals surface area contributed by atoms with Crippen molar-refractivity contribution in [2.24, 2.45) is 0 Å². The number of benzene rings is 1. The molecule has 5 heteroatoms. The third-order valence-electron chi connectivity index (χ3n) is 2.56. The number of hydrogen-bond acceptors (Lipinski definition) is 2. The Morgan fingerprint density at radius 2 is 2.18 bits per heavy atom. The minimum Gasteiger partial charge on any atom is -0.220 e. The maximum atomic E-state index is 4.17. The van der Waals surface area contributed by atoms with Gasteiger partial charge in [-0.25, -0.2) is 4.68 Å². The van der Waals surface area contributed by atoms with Crippen molar-refractivity contribution in [1.82, 2.24) is 15.0 Å². The molecule has 0 bridgehead atoms. The van der Waals surface area contributed by atoms with Crippen LogP contribution in [0.25, 0.3) is 5.69 Å². The molecule has 0 fully saturated rings. The van der Waals surface area contributed by atoms with Gasteiger partial charge in [-0.15, -0.1) is 5.10 Å². The minimum atomic E-state index is 0.901. The van der Waals surface area contributed by atoms with E-state index in [9.17, 15) is 0 Å². The third-order valence-corrected chi connectivity index (χ3v) is 3.45. The van der Waals surface area contributed by atoms with Crippen LogP contribution in [0.4, 0.5) is 0 Å². The molecule has 0 amide bonds. The van der Waals surface area contributed by atoms with Crippen LogP contribution in [-0.2, 0) is 12.8 Å². The first kappa shape index (κ1) is 12.8. The topological polar surface area (TPSA) is 30.7 Å². The molecule has 0 spiro atoms. The smallest absolute Gasteiger partial charge is 0.0840 e. The number of halogens is 2. The molecule has 0 aliphatic rings. The van der Waals surface area contributed by atoms with Crippen LogP contribution >= 0.6 is 31.9 Å². The van der Waals surface area contributed by atoms with Crippen LogP contribution in [0.15, 0.2) is 28.9 Å². The van der Waals surface area contributed by atoms with Gasteiger partial charge in [0.1, 0.15) is 0 Å². The lowest BCUT2D eigenvalue weighted by Crippen LogP contribution is -1.99. The summed E-state index contributed by atoms with van der Waals surface area (Å²) in [5.41, 5.74) is 3.37. The molecule has 0 aliphatic heterocycles. The highest BCUT2D eigenvalue weighted by molar-refractivity contribution is 9.10. The fourth-order valence-electron chi connectivity index (χ4n) is 1.69. The first-order valence-corrected chi connectivity index (χ1v) is 7.42. The molecule has 1 aromatic carbocycles. The van der Waals surface area contributed by atoms with Crippen molar-refractivity contribution >= 4 is 31.9 Å². The summed E-state index contributed by atoms with van der Waals surface area (Å²) < 4.78 is 2.95. The summed E-state index contributed by atoms with van der Waals surface area (Å²) in [6.45, 7) is 2.14. The van der Waals surface area contributed by atoms with Crippen molar-refractivity contribution in [2.45, 2.75) is 19.8 Å². The van der Waals surface area contributed by atoms with Crippen LogP contribution in [0.1, 0.15) is 18.2 Å². The van der Waals surface area contributed by atoms with Gasteiger partial charge in [-0.3, -0.25) is 0 Å². The average Bonchev–Trinajstić information content (AvgIpc) is 2.78. The molecule has 17 heavy (non-hydrogen) atoms. The van der Waals surface area contributed by atoms with E-state index in [1.54, 1.807) is 0 Å². The van der Waals surface area contributed by atoms with Crippen molar-refractivity contribution in [1.29, 1.82) is 0 Å². The highest BCUT2D eigenvalue weighted by Gasteiger charge is 2.07. The summed E-state index contributed by atoms with van der Waals surface area (Å²) in [7, 11) is 0. The molecule has 3 nitrogen and oxygen atoms in total. The van der Waals surface area contributed by atoms with Crippen LogP contribution in [-0.4, -0.2) is 20.3 Å². The number of aromatic nitrogens is 3. The summed E-state index contributed by atoms with van der Waals surface area (Å²) in [6, 6.07) is 6.22. The zero-order chi connectivity index (χ0) is 12.3. The Morgan fingerprint density at radius 1 is 1.35 bits per heavy atom. The molecule has 0 saturated heterocycles. The van der Waals surface area contributed by atoms with Gasteiger partial charge >= 0.3 is 0 Å². The summed E-state index contributed by atoms with van der Waals surface area (Å²) in [4.78, 5) is 0. The Morgan fingerprint density at radius 3 is 2.88 bits per heavy atom. The SMILES string of the molecule is CCc1cc(Br)ccc1-n1cc(CCBr)nn1. The second kappa shape index (κ2) is 5.78. The maximum absolute atomic E-state index is 4.17. The van der Waals surface area contributed by atoms with Crippen molar-refractivity contribution < 1.29 is 0 Å². The molecule has 0 saturated carbocycles. The van der Waals surface area contributed by atoms with Crippen LogP contribution in [0.3, 0.4) is 0 Å². The van der Waals surface area contributed by atoms with Gasteiger partial charge < -0.3 is 0 Å². The van der Waals surface area contributed by atoms with Gasteiger partial charge in [-0.05, 0) is 30.2 Å². The van der Waals surface area contributed by atoms with E-state index in [4.69, 9.17) is 0 Å². The molecule has 0 unspecified atom stereocenters. The molecule has 1 aromatic heterocycles. The monoisotopic (exact) mass is 357 g/mol. The van der Waals surface area contributed by atoms with Gasteiger partial charge in [0.2, 0.25) is 0 Å². The third kappa shape index (κ3) is 2.96. The highest BCUT2D eigenvalue weighted by atomic mass is 79.9. The lowest BCUT2D eigenvalue weighted by atomic mass is 10.1. The van der Waals surface area contributed by atoms with Gasteiger partial charge in [0.25, 0.3) is 0 Å². The van der Waals surface area contributed by atoms with E-state index >= 15 is 0 Å². The fraction of sp³-hybridized carbons (Fsp3) is 0.333. The number of nitrogens with zero attached hydrogens (tertiary/aromatic N) is 3. The molecule has 0 atom stereocenters. The first-order valence-electron chi connectivity index (χ1n) is 5.50. The zero-order valence-electron chi connectivity index (χ0n) is 9.53. The second-order valence-corrected chi connectivity index (χ2v) is 5.43. The minimum absolute atomic E-state index is 0.901. The number of hydrogen-bond donors (Lipinski definition) is 0. The van der Waals surface area contributed by atoms with Gasteiger partial charge in [-0.2, -0.15) is 0 Å². The van der Waals surface area contributed by atoms with E-state index in [1.807, 2.05) is 16.9 Å². The van der Waals surface area contributed by atoms with Gasteiger partial charge in [0, 0.05) is 16.2 Å². The molecule has 1 heterocycles. The molecular formula is C12H13Br2N3. The number of aryl methyl sites for hydroxylation is 2. The van der Waals surface area contributed by atoms with E-state index in [0.29, 0.717) is 0 Å².